The molecule has 2 aromatic carbocycles. The zero-order valence-corrected chi connectivity index (χ0v) is 11.2. The van der Waals surface area contributed by atoms with Gasteiger partial charge in [-0.1, -0.05) is 30.3 Å². The number of aliphatic hydroxyl groups excluding tert-OH is 1. The van der Waals surface area contributed by atoms with Gasteiger partial charge in [-0.15, -0.1) is 0 Å². The van der Waals surface area contributed by atoms with E-state index in [1.165, 1.54) is 0 Å². The number of aliphatic hydroxyl groups is 1. The van der Waals surface area contributed by atoms with Crippen molar-refractivity contribution in [1.82, 2.24) is 0 Å². The van der Waals surface area contributed by atoms with Crippen LogP contribution in [0.25, 0.3) is 0 Å². The third-order valence-electron chi connectivity index (χ3n) is 3.18. The Labute approximate surface area is 113 Å². The number of hydrogen-bond donors (Lipinski definition) is 3. The Morgan fingerprint density at radius 2 is 1.58 bits per heavy atom. The van der Waals surface area contributed by atoms with Crippen LogP contribution in [0.3, 0.4) is 0 Å². The van der Waals surface area contributed by atoms with Gasteiger partial charge in [0.25, 0.3) is 0 Å². The summed E-state index contributed by atoms with van der Waals surface area (Å²) < 4.78 is 0. The highest BCUT2D eigenvalue weighted by atomic mass is 16.3. The van der Waals surface area contributed by atoms with E-state index in [2.05, 4.69) is 5.32 Å². The molecule has 0 aliphatic carbocycles. The number of aromatic hydroxyl groups is 1. The minimum absolute atomic E-state index is 0.0977. The first-order valence-electron chi connectivity index (χ1n) is 6.40. The maximum absolute atomic E-state index is 9.75. The smallest absolute Gasteiger partial charge is 0.115 e. The fourth-order valence-electron chi connectivity index (χ4n) is 2.07. The van der Waals surface area contributed by atoms with Gasteiger partial charge in [0.1, 0.15) is 5.75 Å². The normalized spacial score (nSPS) is 13.8. The fourth-order valence-corrected chi connectivity index (χ4v) is 2.07. The number of phenols is 1. The van der Waals surface area contributed by atoms with Gasteiger partial charge in [0, 0.05) is 17.3 Å². The van der Waals surface area contributed by atoms with E-state index >= 15 is 0 Å². The van der Waals surface area contributed by atoms with E-state index in [9.17, 15) is 10.2 Å². The average molecular weight is 257 g/mol. The fraction of sp³-hybridized carbons (Fsp3) is 0.250. The van der Waals surface area contributed by atoms with Gasteiger partial charge in [0.15, 0.2) is 0 Å². The van der Waals surface area contributed by atoms with Crippen molar-refractivity contribution in [3.8, 4) is 5.75 Å². The maximum Gasteiger partial charge on any atom is 0.115 e. The van der Waals surface area contributed by atoms with Crippen LogP contribution in [0.1, 0.15) is 37.1 Å². The Morgan fingerprint density at radius 3 is 2.21 bits per heavy atom. The topological polar surface area (TPSA) is 52.5 Å². The summed E-state index contributed by atoms with van der Waals surface area (Å²) in [7, 11) is 0. The van der Waals surface area contributed by atoms with Gasteiger partial charge in [-0.2, -0.15) is 0 Å². The molecule has 2 atom stereocenters. The first kappa shape index (κ1) is 13.4. The van der Waals surface area contributed by atoms with Crippen LogP contribution in [0.5, 0.6) is 5.75 Å². The first-order valence-corrected chi connectivity index (χ1v) is 6.40. The summed E-state index contributed by atoms with van der Waals surface area (Å²) in [6.45, 7) is 3.80. The van der Waals surface area contributed by atoms with Crippen LogP contribution < -0.4 is 5.32 Å². The van der Waals surface area contributed by atoms with Crippen LogP contribution in [0.2, 0.25) is 0 Å². The van der Waals surface area contributed by atoms with Crippen molar-refractivity contribution in [2.75, 3.05) is 5.32 Å². The van der Waals surface area contributed by atoms with Crippen molar-refractivity contribution in [2.45, 2.75) is 26.0 Å². The molecule has 2 rings (SSSR count). The molecule has 0 amide bonds. The molecule has 0 saturated carbocycles. The SMILES string of the molecule is CC(O)c1ccccc1NC(C)c1ccc(O)cc1. The Morgan fingerprint density at radius 1 is 0.947 bits per heavy atom. The van der Waals surface area contributed by atoms with Crippen LogP contribution in [0, 0.1) is 0 Å². The lowest BCUT2D eigenvalue weighted by Gasteiger charge is -2.19. The van der Waals surface area contributed by atoms with Crippen molar-refractivity contribution in [1.29, 1.82) is 0 Å². The molecule has 0 saturated heterocycles. The third-order valence-corrected chi connectivity index (χ3v) is 3.18. The molecular weight excluding hydrogens is 238 g/mol. The molecule has 100 valence electrons. The summed E-state index contributed by atoms with van der Waals surface area (Å²) in [5, 5.41) is 22.4. The molecule has 19 heavy (non-hydrogen) atoms. The van der Waals surface area contributed by atoms with Gasteiger partial charge in [0.05, 0.1) is 6.10 Å². The number of para-hydroxylation sites is 1. The average Bonchev–Trinajstić information content (AvgIpc) is 2.39. The summed E-state index contributed by atoms with van der Waals surface area (Å²) in [6.07, 6.45) is -0.504. The first-order chi connectivity index (χ1) is 9.08. The Bertz CT molecular complexity index is 535. The minimum atomic E-state index is -0.504. The van der Waals surface area contributed by atoms with Gasteiger partial charge in [-0.25, -0.2) is 0 Å². The van der Waals surface area contributed by atoms with Crippen molar-refractivity contribution in [3.05, 3.63) is 59.7 Å². The van der Waals surface area contributed by atoms with Crippen LogP contribution in [0.15, 0.2) is 48.5 Å². The Hall–Kier alpha value is -2.00. The maximum atomic E-state index is 9.75. The number of anilines is 1. The standard InChI is InChI=1S/C16H19NO2/c1-11(13-7-9-14(19)10-8-13)17-16-6-4-3-5-15(16)12(2)18/h3-12,17-19H,1-2H3. The van der Waals surface area contributed by atoms with Gasteiger partial charge in [-0.05, 0) is 37.6 Å². The largest absolute Gasteiger partial charge is 0.508 e. The number of rotatable bonds is 4. The molecule has 0 heterocycles. The number of nitrogens with one attached hydrogen (secondary N) is 1. The van der Waals surface area contributed by atoms with E-state index in [0.29, 0.717) is 0 Å². The van der Waals surface area contributed by atoms with E-state index in [1.807, 2.05) is 43.3 Å². The minimum Gasteiger partial charge on any atom is -0.508 e. The van der Waals surface area contributed by atoms with Crippen molar-refractivity contribution < 1.29 is 10.2 Å². The molecule has 0 fully saturated rings. The second-order valence-electron chi connectivity index (χ2n) is 4.72. The summed E-state index contributed by atoms with van der Waals surface area (Å²) >= 11 is 0. The second-order valence-corrected chi connectivity index (χ2v) is 4.72. The van der Waals surface area contributed by atoms with E-state index in [4.69, 9.17) is 0 Å². The molecule has 0 radical (unpaired) electrons. The zero-order chi connectivity index (χ0) is 13.8. The number of hydrogen-bond acceptors (Lipinski definition) is 3. The predicted octanol–water partition coefficient (Wildman–Crippen LogP) is 3.62. The molecule has 0 aliphatic rings. The molecule has 0 bridgehead atoms. The Balaban J connectivity index is 2.19. The molecule has 3 N–H and O–H groups in total. The lowest BCUT2D eigenvalue weighted by atomic mass is 10.0. The second kappa shape index (κ2) is 5.76. The van der Waals surface area contributed by atoms with E-state index in [1.54, 1.807) is 19.1 Å². The quantitative estimate of drug-likeness (QED) is 0.784. The Kier molecular flexibility index (Phi) is 4.07. The number of benzene rings is 2. The third kappa shape index (κ3) is 3.26. The molecule has 3 nitrogen and oxygen atoms in total. The summed E-state index contributed by atoms with van der Waals surface area (Å²) in [5.41, 5.74) is 2.89. The van der Waals surface area contributed by atoms with Crippen molar-refractivity contribution in [2.24, 2.45) is 0 Å². The molecule has 2 unspecified atom stereocenters. The molecule has 3 heteroatoms. The predicted molar refractivity (Wildman–Crippen MR) is 77.2 cm³/mol. The van der Waals surface area contributed by atoms with E-state index < -0.39 is 6.10 Å². The molecule has 0 spiro atoms. The molecular formula is C16H19NO2. The van der Waals surface area contributed by atoms with E-state index in [0.717, 1.165) is 16.8 Å². The van der Waals surface area contributed by atoms with Crippen LogP contribution in [-0.2, 0) is 0 Å². The summed E-state index contributed by atoms with van der Waals surface area (Å²) in [6, 6.07) is 14.9. The highest BCUT2D eigenvalue weighted by Crippen LogP contribution is 2.27. The molecule has 2 aromatic rings. The monoisotopic (exact) mass is 257 g/mol. The van der Waals surface area contributed by atoms with Gasteiger partial charge in [0.2, 0.25) is 0 Å². The van der Waals surface area contributed by atoms with E-state index in [-0.39, 0.29) is 11.8 Å². The lowest BCUT2D eigenvalue weighted by molar-refractivity contribution is 0.200. The summed E-state index contributed by atoms with van der Waals surface area (Å²) in [5.74, 6) is 0.264. The lowest BCUT2D eigenvalue weighted by Crippen LogP contribution is -2.09. The summed E-state index contributed by atoms with van der Waals surface area (Å²) in [4.78, 5) is 0. The van der Waals surface area contributed by atoms with Crippen LogP contribution >= 0.6 is 0 Å². The highest BCUT2D eigenvalue weighted by molar-refractivity contribution is 5.53. The van der Waals surface area contributed by atoms with Gasteiger partial charge >= 0.3 is 0 Å². The molecule has 0 aliphatic heterocycles. The van der Waals surface area contributed by atoms with Crippen molar-refractivity contribution in [3.63, 3.8) is 0 Å². The van der Waals surface area contributed by atoms with Crippen LogP contribution in [-0.4, -0.2) is 10.2 Å². The van der Waals surface area contributed by atoms with Gasteiger partial charge in [-0.3, -0.25) is 0 Å². The zero-order valence-electron chi connectivity index (χ0n) is 11.2. The van der Waals surface area contributed by atoms with Gasteiger partial charge < -0.3 is 15.5 Å². The van der Waals surface area contributed by atoms with Crippen LogP contribution in [0.4, 0.5) is 5.69 Å². The number of phenolic OH excluding ortho intramolecular Hbond substituents is 1. The molecule has 0 aromatic heterocycles. The highest BCUT2D eigenvalue weighted by Gasteiger charge is 2.10. The van der Waals surface area contributed by atoms with Crippen molar-refractivity contribution >= 4 is 5.69 Å².